The fourth-order valence-corrected chi connectivity index (χ4v) is 2.57. The van der Waals surface area contributed by atoms with Gasteiger partial charge in [0.05, 0.1) is 0 Å². The van der Waals surface area contributed by atoms with Crippen LogP contribution in [0.5, 0.6) is 0 Å². The maximum Gasteiger partial charge on any atom is 0.223 e. The minimum absolute atomic E-state index is 0.0973. The van der Waals surface area contributed by atoms with E-state index in [1.54, 1.807) is 0 Å². The number of nitrogens with zero attached hydrogens (tertiary/aromatic N) is 2. The largest absolute Gasteiger partial charge is 0.381 e. The summed E-state index contributed by atoms with van der Waals surface area (Å²) in [5, 5.41) is 0. The molecule has 4 heteroatoms. The van der Waals surface area contributed by atoms with Gasteiger partial charge in [0.1, 0.15) is 0 Å². The first kappa shape index (κ1) is 12.8. The standard InChI is InChI=1S/C13H24N2O2/c1-13(2)10-15(6-5-14(13)3)12(16)8-11-4-7-17-9-11/h11H,4-10H2,1-3H3/t11-/m0/s1. The topological polar surface area (TPSA) is 32.8 Å². The summed E-state index contributed by atoms with van der Waals surface area (Å²) in [7, 11) is 2.13. The lowest BCUT2D eigenvalue weighted by Gasteiger charge is -2.45. The molecular formula is C13H24N2O2. The van der Waals surface area contributed by atoms with E-state index in [0.29, 0.717) is 18.2 Å². The number of likely N-dealkylation sites (N-methyl/N-ethyl adjacent to an activating group) is 1. The third-order valence-corrected chi connectivity index (χ3v) is 4.16. The Morgan fingerprint density at radius 2 is 2.18 bits per heavy atom. The molecule has 1 amide bonds. The van der Waals surface area contributed by atoms with Crippen LogP contribution in [0.2, 0.25) is 0 Å². The molecule has 0 aromatic heterocycles. The zero-order chi connectivity index (χ0) is 12.5. The number of carbonyl (C=O) groups excluding carboxylic acids is 1. The first-order valence-electron chi connectivity index (χ1n) is 6.56. The van der Waals surface area contributed by atoms with Crippen LogP contribution in [0.15, 0.2) is 0 Å². The van der Waals surface area contributed by atoms with Crippen molar-refractivity contribution in [1.29, 1.82) is 0 Å². The van der Waals surface area contributed by atoms with Crippen molar-refractivity contribution in [1.82, 2.24) is 9.80 Å². The zero-order valence-electron chi connectivity index (χ0n) is 11.2. The first-order valence-corrected chi connectivity index (χ1v) is 6.56. The average Bonchev–Trinajstić information content (AvgIpc) is 2.74. The first-order chi connectivity index (χ1) is 7.99. The fraction of sp³-hybridized carbons (Fsp3) is 0.923. The molecule has 0 aromatic rings. The molecule has 0 unspecified atom stereocenters. The molecule has 0 radical (unpaired) electrons. The van der Waals surface area contributed by atoms with E-state index in [4.69, 9.17) is 4.74 Å². The van der Waals surface area contributed by atoms with Crippen molar-refractivity contribution in [3.05, 3.63) is 0 Å². The van der Waals surface area contributed by atoms with E-state index in [1.165, 1.54) is 0 Å². The van der Waals surface area contributed by atoms with Crippen LogP contribution in [0, 0.1) is 5.92 Å². The monoisotopic (exact) mass is 240 g/mol. The summed E-state index contributed by atoms with van der Waals surface area (Å²) in [4.78, 5) is 16.6. The molecule has 0 saturated carbocycles. The summed E-state index contributed by atoms with van der Waals surface area (Å²) >= 11 is 0. The molecular weight excluding hydrogens is 216 g/mol. The van der Waals surface area contributed by atoms with Gasteiger partial charge in [-0.2, -0.15) is 0 Å². The molecule has 0 N–H and O–H groups in total. The van der Waals surface area contributed by atoms with Gasteiger partial charge in [0.2, 0.25) is 5.91 Å². The number of carbonyl (C=O) groups is 1. The van der Waals surface area contributed by atoms with Crippen molar-refractivity contribution in [3.63, 3.8) is 0 Å². The highest BCUT2D eigenvalue weighted by molar-refractivity contribution is 5.76. The minimum atomic E-state index is 0.0973. The Morgan fingerprint density at radius 3 is 2.76 bits per heavy atom. The van der Waals surface area contributed by atoms with Crippen molar-refractivity contribution in [2.24, 2.45) is 5.92 Å². The van der Waals surface area contributed by atoms with Gasteiger partial charge in [-0.25, -0.2) is 0 Å². The lowest BCUT2D eigenvalue weighted by molar-refractivity contribution is -0.136. The predicted octanol–water partition coefficient (Wildman–Crippen LogP) is 0.966. The Hall–Kier alpha value is -0.610. The van der Waals surface area contributed by atoms with Gasteiger partial charge in [-0.3, -0.25) is 9.69 Å². The summed E-state index contributed by atoms with van der Waals surface area (Å²) in [6.07, 6.45) is 1.71. The Labute approximate surface area is 104 Å². The molecule has 0 bridgehead atoms. The highest BCUT2D eigenvalue weighted by Crippen LogP contribution is 2.22. The zero-order valence-corrected chi connectivity index (χ0v) is 11.2. The van der Waals surface area contributed by atoms with Crippen molar-refractivity contribution >= 4 is 5.91 Å². The summed E-state index contributed by atoms with van der Waals surface area (Å²) in [6, 6.07) is 0. The summed E-state index contributed by atoms with van der Waals surface area (Å²) in [6.45, 7) is 8.67. The second kappa shape index (κ2) is 4.94. The van der Waals surface area contributed by atoms with Gasteiger partial charge < -0.3 is 9.64 Å². The van der Waals surface area contributed by atoms with Crippen molar-refractivity contribution in [2.45, 2.75) is 32.2 Å². The summed E-state index contributed by atoms with van der Waals surface area (Å²) in [5.74, 6) is 0.756. The molecule has 0 aliphatic carbocycles. The maximum absolute atomic E-state index is 12.2. The van der Waals surface area contributed by atoms with E-state index < -0.39 is 0 Å². The quantitative estimate of drug-likeness (QED) is 0.721. The Kier molecular flexibility index (Phi) is 3.73. The molecule has 2 rings (SSSR count). The molecule has 2 aliphatic rings. The molecule has 2 heterocycles. The van der Waals surface area contributed by atoms with Gasteiger partial charge in [0.15, 0.2) is 0 Å². The fourth-order valence-electron chi connectivity index (χ4n) is 2.57. The van der Waals surface area contributed by atoms with Crippen molar-refractivity contribution < 1.29 is 9.53 Å². The van der Waals surface area contributed by atoms with Crippen LogP contribution >= 0.6 is 0 Å². The Bertz CT molecular complexity index is 285. The van der Waals surface area contributed by atoms with Crippen molar-refractivity contribution in [2.75, 3.05) is 39.9 Å². The lowest BCUT2D eigenvalue weighted by Crippen LogP contribution is -2.59. The van der Waals surface area contributed by atoms with Gasteiger partial charge >= 0.3 is 0 Å². The van der Waals surface area contributed by atoms with Gasteiger partial charge in [-0.05, 0) is 33.2 Å². The number of hydrogen-bond acceptors (Lipinski definition) is 3. The average molecular weight is 240 g/mol. The molecule has 2 fully saturated rings. The number of piperazine rings is 1. The van der Waals surface area contributed by atoms with E-state index >= 15 is 0 Å². The normalized spacial score (nSPS) is 29.6. The van der Waals surface area contributed by atoms with Crippen LogP contribution in [0.3, 0.4) is 0 Å². The number of hydrogen-bond donors (Lipinski definition) is 0. The predicted molar refractivity (Wildman–Crippen MR) is 66.8 cm³/mol. The maximum atomic E-state index is 12.2. The van der Waals surface area contributed by atoms with Gasteiger partial charge in [0, 0.05) is 44.8 Å². The molecule has 17 heavy (non-hydrogen) atoms. The molecule has 2 aliphatic heterocycles. The molecule has 2 saturated heterocycles. The summed E-state index contributed by atoms with van der Waals surface area (Å²) in [5.41, 5.74) is 0.0973. The molecule has 0 spiro atoms. The van der Waals surface area contributed by atoms with Crippen LogP contribution in [0.1, 0.15) is 26.7 Å². The highest BCUT2D eigenvalue weighted by Gasteiger charge is 2.34. The van der Waals surface area contributed by atoms with Crippen LogP contribution in [0.25, 0.3) is 0 Å². The number of ether oxygens (including phenoxy) is 1. The van der Waals surface area contributed by atoms with Crippen LogP contribution in [-0.2, 0) is 9.53 Å². The van der Waals surface area contributed by atoms with Gasteiger partial charge in [0.25, 0.3) is 0 Å². The van der Waals surface area contributed by atoms with E-state index in [1.807, 2.05) is 4.90 Å². The van der Waals surface area contributed by atoms with Crippen molar-refractivity contribution in [3.8, 4) is 0 Å². The van der Waals surface area contributed by atoms with Gasteiger partial charge in [-0.15, -0.1) is 0 Å². The highest BCUT2D eigenvalue weighted by atomic mass is 16.5. The van der Waals surface area contributed by atoms with Crippen LogP contribution in [0.4, 0.5) is 0 Å². The Balaban J connectivity index is 1.87. The minimum Gasteiger partial charge on any atom is -0.381 e. The third kappa shape index (κ3) is 2.99. The second-order valence-corrected chi connectivity index (χ2v) is 5.98. The smallest absolute Gasteiger partial charge is 0.223 e. The number of rotatable bonds is 2. The van der Waals surface area contributed by atoms with E-state index in [-0.39, 0.29) is 5.54 Å². The van der Waals surface area contributed by atoms with Gasteiger partial charge in [-0.1, -0.05) is 0 Å². The second-order valence-electron chi connectivity index (χ2n) is 5.98. The molecule has 1 atom stereocenters. The van der Waals surface area contributed by atoms with E-state index in [0.717, 1.165) is 39.3 Å². The SMILES string of the molecule is CN1CCN(C(=O)C[C@@H]2CCOC2)CC1(C)C. The number of amides is 1. The van der Waals surface area contributed by atoms with E-state index in [2.05, 4.69) is 25.8 Å². The van der Waals surface area contributed by atoms with Crippen LogP contribution < -0.4 is 0 Å². The Morgan fingerprint density at radius 1 is 1.41 bits per heavy atom. The van der Waals surface area contributed by atoms with Crippen LogP contribution in [-0.4, -0.2) is 61.1 Å². The molecule has 98 valence electrons. The molecule has 4 nitrogen and oxygen atoms in total. The van der Waals surface area contributed by atoms with E-state index in [9.17, 15) is 4.79 Å². The molecule has 0 aromatic carbocycles. The summed E-state index contributed by atoms with van der Waals surface area (Å²) < 4.78 is 5.32. The lowest BCUT2D eigenvalue weighted by atomic mass is 9.98. The third-order valence-electron chi connectivity index (χ3n) is 4.16.